The second-order valence-corrected chi connectivity index (χ2v) is 12.8. The van der Waals surface area contributed by atoms with E-state index in [-0.39, 0.29) is 11.7 Å². The van der Waals surface area contributed by atoms with E-state index in [0.717, 1.165) is 58.3 Å². The molecule has 0 unspecified atom stereocenters. The van der Waals surface area contributed by atoms with E-state index in [1.165, 1.54) is 13.3 Å². The van der Waals surface area contributed by atoms with Crippen LogP contribution in [0.4, 0.5) is 9.59 Å². The maximum Gasteiger partial charge on any atom is 0.419 e. The summed E-state index contributed by atoms with van der Waals surface area (Å²) < 4.78 is 18.1. The molecule has 0 saturated heterocycles. The van der Waals surface area contributed by atoms with Crippen molar-refractivity contribution < 1.29 is 28.6 Å². The lowest BCUT2D eigenvalue weighted by Gasteiger charge is -2.32. The van der Waals surface area contributed by atoms with Crippen molar-refractivity contribution in [1.82, 2.24) is 14.5 Å². The van der Waals surface area contributed by atoms with E-state index >= 15 is 0 Å². The van der Waals surface area contributed by atoms with Gasteiger partial charge in [-0.05, 0) is 90.3 Å². The minimum atomic E-state index is -0.713. The summed E-state index contributed by atoms with van der Waals surface area (Å²) in [6.07, 6.45) is 4.65. The van der Waals surface area contributed by atoms with E-state index in [1.54, 1.807) is 9.47 Å². The first-order valence-corrected chi connectivity index (χ1v) is 14.2. The van der Waals surface area contributed by atoms with Crippen molar-refractivity contribution in [3.8, 4) is 11.3 Å². The molecular formula is C32H39N3O6. The van der Waals surface area contributed by atoms with Crippen LogP contribution < -0.4 is 0 Å². The molecule has 0 fully saturated rings. The average molecular weight is 562 g/mol. The molecule has 1 aliphatic carbocycles. The number of esters is 1. The fourth-order valence-electron chi connectivity index (χ4n) is 5.85. The van der Waals surface area contributed by atoms with Gasteiger partial charge in [-0.2, -0.15) is 0 Å². The highest BCUT2D eigenvalue weighted by Crippen LogP contribution is 2.41. The number of carbonyl (C=O) groups is 3. The maximum atomic E-state index is 13.7. The van der Waals surface area contributed by atoms with E-state index in [2.05, 4.69) is 0 Å². The number of nitrogens with zero attached hydrogens (tertiary/aromatic N) is 3. The molecule has 0 bridgehead atoms. The quantitative estimate of drug-likeness (QED) is 0.262. The summed E-state index contributed by atoms with van der Waals surface area (Å²) in [6.45, 7) is 12.0. The lowest BCUT2D eigenvalue weighted by atomic mass is 9.89. The molecule has 0 atom stereocenters. The monoisotopic (exact) mass is 561 g/mol. The van der Waals surface area contributed by atoms with Crippen molar-refractivity contribution in [1.29, 1.82) is 0 Å². The lowest BCUT2D eigenvalue weighted by Crippen LogP contribution is -2.40. The molecular weight excluding hydrogens is 522 g/mol. The van der Waals surface area contributed by atoms with Gasteiger partial charge in [-0.25, -0.2) is 19.0 Å². The summed E-state index contributed by atoms with van der Waals surface area (Å²) in [4.78, 5) is 46.0. The van der Waals surface area contributed by atoms with Crippen LogP contribution in [-0.4, -0.2) is 57.5 Å². The number of benzene rings is 1. The average Bonchev–Trinajstić information content (AvgIpc) is 3.25. The molecule has 3 heterocycles. The zero-order valence-electron chi connectivity index (χ0n) is 25.1. The van der Waals surface area contributed by atoms with Gasteiger partial charge >= 0.3 is 18.2 Å². The number of amides is 1. The molecule has 1 aromatic carbocycles. The molecule has 0 spiro atoms. The maximum absolute atomic E-state index is 13.7. The Hall–Kier alpha value is -3.88. The molecule has 3 aromatic rings. The summed E-state index contributed by atoms with van der Waals surface area (Å²) in [5.41, 5.74) is 5.08. The van der Waals surface area contributed by atoms with E-state index in [0.29, 0.717) is 31.4 Å². The van der Waals surface area contributed by atoms with Gasteiger partial charge in [0.2, 0.25) is 0 Å². The molecule has 9 nitrogen and oxygen atoms in total. The molecule has 218 valence electrons. The number of hydrogen-bond donors (Lipinski definition) is 0. The van der Waals surface area contributed by atoms with E-state index in [1.807, 2.05) is 59.7 Å². The van der Waals surface area contributed by atoms with Crippen molar-refractivity contribution in [2.75, 3.05) is 13.7 Å². The Morgan fingerprint density at radius 3 is 2.24 bits per heavy atom. The van der Waals surface area contributed by atoms with E-state index in [4.69, 9.17) is 19.2 Å². The number of hydrogen-bond acceptors (Lipinski definition) is 7. The summed E-state index contributed by atoms with van der Waals surface area (Å²) in [5.74, 6) is -0.559. The van der Waals surface area contributed by atoms with Gasteiger partial charge in [0.05, 0.1) is 18.3 Å². The lowest BCUT2D eigenvalue weighted by molar-refractivity contribution is 0.0223. The van der Waals surface area contributed by atoms with Crippen molar-refractivity contribution in [3.63, 3.8) is 0 Å². The molecule has 2 aliphatic rings. The van der Waals surface area contributed by atoms with Gasteiger partial charge in [0.1, 0.15) is 16.8 Å². The summed E-state index contributed by atoms with van der Waals surface area (Å²) in [7, 11) is 1.33. The van der Waals surface area contributed by atoms with Crippen LogP contribution in [0.5, 0.6) is 0 Å². The third kappa shape index (κ3) is 5.54. The number of methoxy groups -OCH3 is 1. The zero-order valence-corrected chi connectivity index (χ0v) is 25.1. The van der Waals surface area contributed by atoms with Crippen molar-refractivity contribution in [2.24, 2.45) is 0 Å². The van der Waals surface area contributed by atoms with Crippen LogP contribution in [0.15, 0.2) is 24.4 Å². The van der Waals surface area contributed by atoms with E-state index < -0.39 is 23.3 Å². The standard InChI is InChI=1S/C32H39N3O6/c1-31(2,3)40-29(37)34-16-15-20-19(18-34)11-10-13-21(20)26-25-22-12-8-9-14-24(22)35(30(38)41-32(4,5)6)27(25)23(17-33-26)28(36)39-7/h10-11,13,17H,8-9,12,14-16,18H2,1-7H3. The van der Waals surface area contributed by atoms with Crippen LogP contribution in [-0.2, 0) is 40.0 Å². The fourth-order valence-corrected chi connectivity index (χ4v) is 5.85. The number of fused-ring (bicyclic) bond motifs is 4. The number of carbonyl (C=O) groups excluding carboxylic acids is 3. The van der Waals surface area contributed by atoms with Crippen molar-refractivity contribution >= 4 is 29.1 Å². The Labute approximate surface area is 240 Å². The number of ether oxygens (including phenoxy) is 3. The molecule has 0 N–H and O–H groups in total. The van der Waals surface area contributed by atoms with Crippen LogP contribution >= 0.6 is 0 Å². The second-order valence-electron chi connectivity index (χ2n) is 12.8. The Morgan fingerprint density at radius 1 is 0.878 bits per heavy atom. The van der Waals surface area contributed by atoms with Crippen LogP contribution in [0.2, 0.25) is 0 Å². The number of pyridine rings is 1. The molecule has 0 saturated carbocycles. The summed E-state index contributed by atoms with van der Waals surface area (Å²) >= 11 is 0. The van der Waals surface area contributed by atoms with Crippen LogP contribution in [0.3, 0.4) is 0 Å². The van der Waals surface area contributed by atoms with Gasteiger partial charge in [-0.1, -0.05) is 18.2 Å². The predicted molar refractivity (Wildman–Crippen MR) is 155 cm³/mol. The normalized spacial score (nSPS) is 15.2. The van der Waals surface area contributed by atoms with Crippen LogP contribution in [0.1, 0.15) is 87.1 Å². The minimum absolute atomic E-state index is 0.229. The first kappa shape index (κ1) is 28.6. The van der Waals surface area contributed by atoms with Crippen LogP contribution in [0.25, 0.3) is 22.2 Å². The second kappa shape index (κ2) is 10.5. The Bertz CT molecular complexity index is 1540. The highest BCUT2D eigenvalue weighted by Gasteiger charge is 2.33. The summed E-state index contributed by atoms with van der Waals surface area (Å²) in [5, 5.41) is 0.788. The molecule has 5 rings (SSSR count). The topological polar surface area (TPSA) is 100.0 Å². The Kier molecular flexibility index (Phi) is 7.34. The summed E-state index contributed by atoms with van der Waals surface area (Å²) in [6, 6.07) is 6.02. The van der Waals surface area contributed by atoms with Gasteiger partial charge in [0, 0.05) is 35.9 Å². The Morgan fingerprint density at radius 2 is 1.56 bits per heavy atom. The predicted octanol–water partition coefficient (Wildman–Crippen LogP) is 6.45. The largest absolute Gasteiger partial charge is 0.465 e. The van der Waals surface area contributed by atoms with Crippen molar-refractivity contribution in [2.45, 2.75) is 91.4 Å². The third-order valence-corrected chi connectivity index (χ3v) is 7.44. The van der Waals surface area contributed by atoms with Gasteiger partial charge < -0.3 is 19.1 Å². The van der Waals surface area contributed by atoms with Crippen molar-refractivity contribution in [3.05, 3.63) is 52.3 Å². The molecule has 1 aliphatic heterocycles. The molecule has 0 radical (unpaired) electrons. The highest BCUT2D eigenvalue weighted by molar-refractivity contribution is 6.11. The van der Waals surface area contributed by atoms with Gasteiger partial charge in [0.15, 0.2) is 0 Å². The number of rotatable bonds is 2. The highest BCUT2D eigenvalue weighted by atomic mass is 16.6. The minimum Gasteiger partial charge on any atom is -0.465 e. The number of aryl methyl sites for hydroxylation is 1. The fraction of sp³-hybridized carbons (Fsp3) is 0.500. The molecule has 9 heteroatoms. The number of aromatic nitrogens is 2. The first-order chi connectivity index (χ1) is 19.3. The molecule has 2 aromatic heterocycles. The molecule has 41 heavy (non-hydrogen) atoms. The van der Waals surface area contributed by atoms with E-state index in [9.17, 15) is 14.4 Å². The van der Waals surface area contributed by atoms with Gasteiger partial charge in [-0.3, -0.25) is 4.98 Å². The molecule has 1 amide bonds. The third-order valence-electron chi connectivity index (χ3n) is 7.44. The van der Waals surface area contributed by atoms with Gasteiger partial charge in [0.25, 0.3) is 0 Å². The van der Waals surface area contributed by atoms with Crippen LogP contribution in [0, 0.1) is 0 Å². The Balaban J connectivity index is 1.70. The SMILES string of the molecule is COC(=O)c1cnc(-c2cccc3c2CCN(C(=O)OC(C)(C)C)C3)c2c3c(n(C(=O)OC(C)(C)C)c12)CCCC3. The zero-order chi connectivity index (χ0) is 29.7. The van der Waals surface area contributed by atoms with Gasteiger partial charge in [-0.15, -0.1) is 0 Å². The first-order valence-electron chi connectivity index (χ1n) is 14.2. The smallest absolute Gasteiger partial charge is 0.419 e.